The predicted molar refractivity (Wildman–Crippen MR) is 98.8 cm³/mol. The minimum Gasteiger partial charge on any atom is -0.396 e. The molecule has 3 N–H and O–H groups in total. The van der Waals surface area contributed by atoms with Crippen LogP contribution in [0.2, 0.25) is 0 Å². The number of anilines is 2. The van der Waals surface area contributed by atoms with Crippen LogP contribution in [0, 0.1) is 11.8 Å². The van der Waals surface area contributed by atoms with E-state index in [2.05, 4.69) is 25.1 Å². The average molecular weight is 349 g/mol. The molecule has 1 unspecified atom stereocenters. The Kier molecular flexibility index (Phi) is 6.84. The van der Waals surface area contributed by atoms with Gasteiger partial charge in [-0.05, 0) is 50.6 Å². The Labute approximate surface area is 150 Å². The number of β-amino-alcohol motifs (C(OH)–C–C–N with tert-alkyl or cyclic N) is 1. The van der Waals surface area contributed by atoms with Gasteiger partial charge in [-0.1, -0.05) is 0 Å². The standard InChI is InChI=1S/C18H31N5O2/c24-9-8-22-6-3-15(4-7-22)11-19-17-10-18(21-14-20-17)23-5-1-2-16(12-23)13-25/h10,14-16,24-25H,1-9,11-13H2,(H,19,20,21). The van der Waals surface area contributed by atoms with Crippen molar-refractivity contribution in [3.05, 3.63) is 12.4 Å². The molecule has 0 aliphatic carbocycles. The third-order valence-corrected chi connectivity index (χ3v) is 5.45. The molecule has 1 aromatic rings. The van der Waals surface area contributed by atoms with Crippen molar-refractivity contribution in [2.24, 2.45) is 11.8 Å². The molecule has 1 atom stereocenters. The fourth-order valence-corrected chi connectivity index (χ4v) is 3.84. The van der Waals surface area contributed by atoms with Crippen molar-refractivity contribution in [2.75, 3.05) is 62.7 Å². The van der Waals surface area contributed by atoms with Crippen LogP contribution in [-0.4, -0.2) is 77.6 Å². The molecule has 7 nitrogen and oxygen atoms in total. The van der Waals surface area contributed by atoms with Gasteiger partial charge in [0, 0.05) is 38.9 Å². The summed E-state index contributed by atoms with van der Waals surface area (Å²) < 4.78 is 0. The molecule has 7 heteroatoms. The van der Waals surface area contributed by atoms with E-state index in [0.29, 0.717) is 11.8 Å². The fourth-order valence-electron chi connectivity index (χ4n) is 3.84. The Balaban J connectivity index is 1.49. The molecular weight excluding hydrogens is 318 g/mol. The summed E-state index contributed by atoms with van der Waals surface area (Å²) in [6.07, 6.45) is 6.15. The first-order valence-corrected chi connectivity index (χ1v) is 9.53. The molecule has 0 radical (unpaired) electrons. The number of aliphatic hydroxyl groups excluding tert-OH is 2. The summed E-state index contributed by atoms with van der Waals surface area (Å²) in [4.78, 5) is 13.4. The second-order valence-electron chi connectivity index (χ2n) is 7.29. The van der Waals surface area contributed by atoms with E-state index in [1.54, 1.807) is 6.33 Å². The van der Waals surface area contributed by atoms with Crippen LogP contribution >= 0.6 is 0 Å². The van der Waals surface area contributed by atoms with Gasteiger partial charge in [-0.15, -0.1) is 0 Å². The number of likely N-dealkylation sites (tertiary alicyclic amines) is 1. The van der Waals surface area contributed by atoms with Gasteiger partial charge in [-0.3, -0.25) is 0 Å². The predicted octanol–water partition coefficient (Wildman–Crippen LogP) is 0.801. The van der Waals surface area contributed by atoms with Gasteiger partial charge in [-0.25, -0.2) is 9.97 Å². The van der Waals surface area contributed by atoms with Gasteiger partial charge < -0.3 is 25.3 Å². The molecule has 25 heavy (non-hydrogen) atoms. The summed E-state index contributed by atoms with van der Waals surface area (Å²) in [5.74, 6) is 2.84. The summed E-state index contributed by atoms with van der Waals surface area (Å²) in [7, 11) is 0. The summed E-state index contributed by atoms with van der Waals surface area (Å²) >= 11 is 0. The van der Waals surface area contributed by atoms with Crippen molar-refractivity contribution < 1.29 is 10.2 Å². The summed E-state index contributed by atoms with van der Waals surface area (Å²) in [6.45, 7) is 6.23. The second kappa shape index (κ2) is 9.31. The smallest absolute Gasteiger partial charge is 0.134 e. The number of hydrogen-bond acceptors (Lipinski definition) is 7. The average Bonchev–Trinajstić information content (AvgIpc) is 2.68. The Morgan fingerprint density at radius 3 is 2.68 bits per heavy atom. The maximum Gasteiger partial charge on any atom is 0.134 e. The first-order valence-electron chi connectivity index (χ1n) is 9.53. The third kappa shape index (κ3) is 5.26. The van der Waals surface area contributed by atoms with E-state index in [-0.39, 0.29) is 13.2 Å². The van der Waals surface area contributed by atoms with E-state index in [0.717, 1.165) is 76.6 Å². The molecule has 0 saturated carbocycles. The maximum absolute atomic E-state index is 9.40. The molecule has 3 heterocycles. The molecule has 0 aromatic carbocycles. The second-order valence-corrected chi connectivity index (χ2v) is 7.29. The highest BCUT2D eigenvalue weighted by Crippen LogP contribution is 2.23. The lowest BCUT2D eigenvalue weighted by atomic mass is 9.97. The number of aromatic nitrogens is 2. The van der Waals surface area contributed by atoms with E-state index in [9.17, 15) is 5.11 Å². The van der Waals surface area contributed by atoms with E-state index < -0.39 is 0 Å². The number of nitrogens with one attached hydrogen (secondary N) is 1. The molecule has 2 saturated heterocycles. The van der Waals surface area contributed by atoms with E-state index >= 15 is 0 Å². The summed E-state index contributed by atoms with van der Waals surface area (Å²) in [5.41, 5.74) is 0. The van der Waals surface area contributed by atoms with Crippen molar-refractivity contribution in [3.8, 4) is 0 Å². The number of hydrogen-bond donors (Lipinski definition) is 3. The quantitative estimate of drug-likeness (QED) is 0.671. The third-order valence-electron chi connectivity index (χ3n) is 5.45. The van der Waals surface area contributed by atoms with Gasteiger partial charge in [0.25, 0.3) is 0 Å². The first-order chi connectivity index (χ1) is 12.3. The zero-order valence-corrected chi connectivity index (χ0v) is 15.0. The van der Waals surface area contributed by atoms with E-state index in [1.807, 2.05) is 6.07 Å². The van der Waals surface area contributed by atoms with Gasteiger partial charge in [0.05, 0.1) is 6.61 Å². The highest BCUT2D eigenvalue weighted by molar-refractivity contribution is 5.48. The molecule has 1 aromatic heterocycles. The van der Waals surface area contributed by atoms with Crippen LogP contribution in [0.15, 0.2) is 12.4 Å². The Morgan fingerprint density at radius 1 is 1.08 bits per heavy atom. The first kappa shape index (κ1) is 18.4. The lowest BCUT2D eigenvalue weighted by Gasteiger charge is -2.33. The monoisotopic (exact) mass is 349 g/mol. The zero-order chi connectivity index (χ0) is 17.5. The van der Waals surface area contributed by atoms with E-state index in [4.69, 9.17) is 5.11 Å². The van der Waals surface area contributed by atoms with Gasteiger partial charge >= 0.3 is 0 Å². The summed E-state index contributed by atoms with van der Waals surface area (Å²) in [5, 5.41) is 21.9. The number of nitrogens with zero attached hydrogens (tertiary/aromatic N) is 4. The largest absolute Gasteiger partial charge is 0.396 e. The zero-order valence-electron chi connectivity index (χ0n) is 15.0. The van der Waals surface area contributed by atoms with Crippen molar-refractivity contribution >= 4 is 11.6 Å². The molecule has 0 bridgehead atoms. The maximum atomic E-state index is 9.40. The Morgan fingerprint density at radius 2 is 1.92 bits per heavy atom. The molecule has 0 amide bonds. The van der Waals surface area contributed by atoms with Crippen LogP contribution in [0.25, 0.3) is 0 Å². The van der Waals surface area contributed by atoms with Crippen LogP contribution in [-0.2, 0) is 0 Å². The van der Waals surface area contributed by atoms with Gasteiger partial charge in [0.2, 0.25) is 0 Å². The molecule has 2 aliphatic rings. The van der Waals surface area contributed by atoms with Crippen LogP contribution in [0.5, 0.6) is 0 Å². The highest BCUT2D eigenvalue weighted by atomic mass is 16.3. The number of rotatable bonds is 7. The summed E-state index contributed by atoms with van der Waals surface area (Å²) in [6, 6.07) is 2.03. The molecule has 2 fully saturated rings. The van der Waals surface area contributed by atoms with Crippen molar-refractivity contribution in [2.45, 2.75) is 25.7 Å². The van der Waals surface area contributed by atoms with E-state index in [1.165, 1.54) is 0 Å². The minimum absolute atomic E-state index is 0.250. The van der Waals surface area contributed by atoms with Gasteiger partial charge in [0.15, 0.2) is 0 Å². The number of piperidine rings is 2. The Hall–Kier alpha value is -1.44. The number of aliphatic hydroxyl groups is 2. The lowest BCUT2D eigenvalue weighted by molar-refractivity contribution is 0.151. The van der Waals surface area contributed by atoms with Crippen molar-refractivity contribution in [1.29, 1.82) is 0 Å². The molecule has 3 rings (SSSR count). The Bertz CT molecular complexity index is 522. The molecular formula is C18H31N5O2. The van der Waals surface area contributed by atoms with Crippen LogP contribution in [0.4, 0.5) is 11.6 Å². The van der Waals surface area contributed by atoms with Crippen molar-refractivity contribution in [1.82, 2.24) is 14.9 Å². The van der Waals surface area contributed by atoms with Crippen LogP contribution in [0.1, 0.15) is 25.7 Å². The highest BCUT2D eigenvalue weighted by Gasteiger charge is 2.21. The fraction of sp³-hybridized carbons (Fsp3) is 0.778. The van der Waals surface area contributed by atoms with Gasteiger partial charge in [0.1, 0.15) is 18.0 Å². The lowest BCUT2D eigenvalue weighted by Crippen LogP contribution is -2.37. The molecule has 0 spiro atoms. The normalized spacial score (nSPS) is 23.0. The van der Waals surface area contributed by atoms with Crippen LogP contribution < -0.4 is 10.2 Å². The SMILES string of the molecule is OCCN1CCC(CNc2cc(N3CCCC(CO)C3)ncn2)CC1. The molecule has 140 valence electrons. The minimum atomic E-state index is 0.250. The van der Waals surface area contributed by atoms with Gasteiger partial charge in [-0.2, -0.15) is 0 Å². The van der Waals surface area contributed by atoms with Crippen LogP contribution in [0.3, 0.4) is 0 Å². The van der Waals surface area contributed by atoms with Crippen molar-refractivity contribution in [3.63, 3.8) is 0 Å². The molecule has 2 aliphatic heterocycles. The topological polar surface area (TPSA) is 84.8 Å².